The predicted octanol–water partition coefficient (Wildman–Crippen LogP) is 2.05. The average molecular weight is 252 g/mol. The van der Waals surface area contributed by atoms with Gasteiger partial charge in [-0.2, -0.15) is 0 Å². The third kappa shape index (κ3) is 3.63. The summed E-state index contributed by atoms with van der Waals surface area (Å²) in [5, 5.41) is 12.3. The van der Waals surface area contributed by atoms with Gasteiger partial charge in [-0.1, -0.05) is 13.8 Å². The van der Waals surface area contributed by atoms with Crippen LogP contribution in [0.15, 0.2) is 18.2 Å². The average Bonchev–Trinajstić information content (AvgIpc) is 2.30. The molecule has 1 unspecified atom stereocenters. The first-order valence-electron chi connectivity index (χ1n) is 5.84. The van der Waals surface area contributed by atoms with Gasteiger partial charge in [0, 0.05) is 18.5 Å². The Hall–Kier alpha value is -1.75. The summed E-state index contributed by atoms with van der Waals surface area (Å²) in [7, 11) is 1.64. The normalized spacial score (nSPS) is 12.4. The van der Waals surface area contributed by atoms with Gasteiger partial charge >= 0.3 is 5.97 Å². The molecular weight excluding hydrogens is 232 g/mol. The topological polar surface area (TPSA) is 84.6 Å². The number of carbonyl (C=O) groups is 1. The van der Waals surface area contributed by atoms with Gasteiger partial charge in [-0.05, 0) is 24.1 Å². The first-order valence-corrected chi connectivity index (χ1v) is 5.84. The highest BCUT2D eigenvalue weighted by molar-refractivity contribution is 5.94. The quantitative estimate of drug-likeness (QED) is 0.675. The summed E-state index contributed by atoms with van der Waals surface area (Å²) in [6.07, 6.45) is 0. The molecule has 5 heteroatoms. The molecule has 4 N–H and O–H groups in total. The van der Waals surface area contributed by atoms with E-state index in [0.717, 1.165) is 5.69 Å². The zero-order valence-corrected chi connectivity index (χ0v) is 10.9. The number of benzene rings is 1. The van der Waals surface area contributed by atoms with E-state index in [1.54, 1.807) is 25.3 Å². The number of carboxylic acids is 1. The third-order valence-electron chi connectivity index (χ3n) is 2.79. The predicted molar refractivity (Wildman–Crippen MR) is 71.9 cm³/mol. The fraction of sp³-hybridized carbons (Fsp3) is 0.462. The van der Waals surface area contributed by atoms with E-state index < -0.39 is 5.97 Å². The molecule has 0 saturated heterocycles. The van der Waals surface area contributed by atoms with Gasteiger partial charge in [0.25, 0.3) is 0 Å². The van der Waals surface area contributed by atoms with Gasteiger partial charge in [0.1, 0.15) is 0 Å². The number of anilines is 2. The lowest BCUT2D eigenvalue weighted by molar-refractivity contribution is 0.0698. The van der Waals surface area contributed by atoms with Crippen molar-refractivity contribution in [2.45, 2.75) is 19.9 Å². The summed E-state index contributed by atoms with van der Waals surface area (Å²) < 4.78 is 5.14. The van der Waals surface area contributed by atoms with Gasteiger partial charge in [-0.3, -0.25) is 0 Å². The molecular formula is C13H20N2O3. The first-order chi connectivity index (χ1) is 8.45. The van der Waals surface area contributed by atoms with Crippen LogP contribution in [0.1, 0.15) is 24.2 Å². The van der Waals surface area contributed by atoms with Gasteiger partial charge in [0.05, 0.1) is 18.2 Å². The van der Waals surface area contributed by atoms with E-state index in [1.807, 2.05) is 0 Å². The van der Waals surface area contributed by atoms with Crippen LogP contribution < -0.4 is 11.1 Å². The van der Waals surface area contributed by atoms with E-state index in [2.05, 4.69) is 19.2 Å². The number of nitrogens with one attached hydrogen (secondary N) is 1. The van der Waals surface area contributed by atoms with E-state index in [0.29, 0.717) is 12.5 Å². The van der Waals surface area contributed by atoms with Crippen LogP contribution in [0.5, 0.6) is 0 Å². The molecule has 0 aliphatic carbocycles. The molecule has 0 fully saturated rings. The van der Waals surface area contributed by atoms with Crippen molar-refractivity contribution in [1.82, 2.24) is 0 Å². The number of nitrogens with two attached hydrogens (primary N) is 1. The standard InChI is InChI=1S/C13H20N2O3/c1-8(2)12(7-18-3)15-9-4-5-11(14)10(6-9)13(16)17/h4-6,8,12,15H,7,14H2,1-3H3,(H,16,17). The largest absolute Gasteiger partial charge is 0.478 e. The number of methoxy groups -OCH3 is 1. The molecule has 0 aliphatic heterocycles. The smallest absolute Gasteiger partial charge is 0.337 e. The second-order valence-corrected chi connectivity index (χ2v) is 4.56. The Morgan fingerprint density at radius 1 is 1.50 bits per heavy atom. The van der Waals surface area contributed by atoms with Crippen molar-refractivity contribution in [2.75, 3.05) is 24.8 Å². The summed E-state index contributed by atoms with van der Waals surface area (Å²) in [6, 6.07) is 5.03. The Bertz CT molecular complexity index is 419. The molecule has 0 saturated carbocycles. The molecule has 1 atom stereocenters. The summed E-state index contributed by atoms with van der Waals surface area (Å²) in [5.41, 5.74) is 6.72. The van der Waals surface area contributed by atoms with E-state index >= 15 is 0 Å². The van der Waals surface area contributed by atoms with Gasteiger partial charge < -0.3 is 20.9 Å². The van der Waals surface area contributed by atoms with Crippen LogP contribution >= 0.6 is 0 Å². The molecule has 0 amide bonds. The lowest BCUT2D eigenvalue weighted by Gasteiger charge is -2.23. The minimum Gasteiger partial charge on any atom is -0.478 e. The Balaban J connectivity index is 2.89. The fourth-order valence-electron chi connectivity index (χ4n) is 1.63. The van der Waals surface area contributed by atoms with Crippen LogP contribution in [0.3, 0.4) is 0 Å². The van der Waals surface area contributed by atoms with Crippen molar-refractivity contribution in [2.24, 2.45) is 5.92 Å². The van der Waals surface area contributed by atoms with Crippen LogP contribution in [-0.4, -0.2) is 30.8 Å². The summed E-state index contributed by atoms with van der Waals surface area (Å²) >= 11 is 0. The highest BCUT2D eigenvalue weighted by atomic mass is 16.5. The van der Waals surface area contributed by atoms with E-state index in [9.17, 15) is 4.79 Å². The molecule has 0 aromatic heterocycles. The van der Waals surface area contributed by atoms with Crippen molar-refractivity contribution in [3.8, 4) is 0 Å². The monoisotopic (exact) mass is 252 g/mol. The van der Waals surface area contributed by atoms with Gasteiger partial charge in [0.2, 0.25) is 0 Å². The maximum atomic E-state index is 11.0. The van der Waals surface area contributed by atoms with Crippen molar-refractivity contribution < 1.29 is 14.6 Å². The Kier molecular flexibility index (Phi) is 4.97. The summed E-state index contributed by atoms with van der Waals surface area (Å²) in [4.78, 5) is 11.0. The van der Waals surface area contributed by atoms with Crippen LogP contribution in [0.4, 0.5) is 11.4 Å². The molecule has 1 rings (SSSR count). The third-order valence-corrected chi connectivity index (χ3v) is 2.79. The number of ether oxygens (including phenoxy) is 1. The molecule has 1 aromatic rings. The second kappa shape index (κ2) is 6.26. The zero-order valence-electron chi connectivity index (χ0n) is 10.9. The number of rotatable bonds is 6. The number of hydrogen-bond donors (Lipinski definition) is 3. The first kappa shape index (κ1) is 14.3. The molecule has 0 aliphatic rings. The number of carboxylic acid groups (broad SMARTS) is 1. The minimum atomic E-state index is -1.02. The van der Waals surface area contributed by atoms with Gasteiger partial charge in [-0.15, -0.1) is 0 Å². The van der Waals surface area contributed by atoms with Crippen molar-refractivity contribution in [3.05, 3.63) is 23.8 Å². The number of nitrogen functional groups attached to an aromatic ring is 1. The summed E-state index contributed by atoms with van der Waals surface area (Å²) in [6.45, 7) is 4.71. The molecule has 0 spiro atoms. The van der Waals surface area contributed by atoms with Crippen LogP contribution in [0.2, 0.25) is 0 Å². The van der Waals surface area contributed by atoms with Crippen molar-refractivity contribution >= 4 is 17.3 Å². The van der Waals surface area contributed by atoms with E-state index in [-0.39, 0.29) is 17.3 Å². The molecule has 100 valence electrons. The van der Waals surface area contributed by atoms with E-state index in [4.69, 9.17) is 15.6 Å². The Morgan fingerprint density at radius 3 is 2.67 bits per heavy atom. The highest BCUT2D eigenvalue weighted by Crippen LogP contribution is 2.20. The maximum Gasteiger partial charge on any atom is 0.337 e. The zero-order chi connectivity index (χ0) is 13.7. The molecule has 0 radical (unpaired) electrons. The van der Waals surface area contributed by atoms with Crippen LogP contribution in [0.25, 0.3) is 0 Å². The van der Waals surface area contributed by atoms with Crippen LogP contribution in [-0.2, 0) is 4.74 Å². The number of hydrogen-bond acceptors (Lipinski definition) is 4. The molecule has 1 aromatic carbocycles. The minimum absolute atomic E-state index is 0.111. The lowest BCUT2D eigenvalue weighted by atomic mass is 10.0. The Morgan fingerprint density at radius 2 is 2.17 bits per heavy atom. The summed E-state index contributed by atoms with van der Waals surface area (Å²) in [5.74, 6) is -0.653. The molecule has 0 heterocycles. The van der Waals surface area contributed by atoms with Crippen LogP contribution in [0, 0.1) is 5.92 Å². The van der Waals surface area contributed by atoms with Gasteiger partial charge in [-0.25, -0.2) is 4.79 Å². The molecule has 5 nitrogen and oxygen atoms in total. The fourth-order valence-corrected chi connectivity index (χ4v) is 1.63. The Labute approximate surface area is 107 Å². The van der Waals surface area contributed by atoms with Crippen molar-refractivity contribution in [1.29, 1.82) is 0 Å². The SMILES string of the molecule is COCC(Nc1ccc(N)c(C(=O)O)c1)C(C)C. The highest BCUT2D eigenvalue weighted by Gasteiger charge is 2.14. The maximum absolute atomic E-state index is 11.0. The second-order valence-electron chi connectivity index (χ2n) is 4.56. The number of aromatic carboxylic acids is 1. The van der Waals surface area contributed by atoms with Gasteiger partial charge in [0.15, 0.2) is 0 Å². The lowest BCUT2D eigenvalue weighted by Crippen LogP contribution is -2.30. The van der Waals surface area contributed by atoms with Crippen molar-refractivity contribution in [3.63, 3.8) is 0 Å². The van der Waals surface area contributed by atoms with E-state index in [1.165, 1.54) is 0 Å². The molecule has 0 bridgehead atoms. The molecule has 18 heavy (non-hydrogen) atoms.